The van der Waals surface area contributed by atoms with Gasteiger partial charge in [0.1, 0.15) is 34.5 Å². The van der Waals surface area contributed by atoms with Crippen LogP contribution in [0.2, 0.25) is 0 Å². The Balaban J connectivity index is 1.71. The van der Waals surface area contributed by atoms with E-state index in [0.717, 1.165) is 77.5 Å². The Morgan fingerprint density at radius 3 is 0.860 bits per heavy atom. The first-order chi connectivity index (χ1) is 24.5. The lowest BCUT2D eigenvalue weighted by atomic mass is 10.0. The molecule has 0 spiro atoms. The summed E-state index contributed by atoms with van der Waals surface area (Å²) in [6.07, 6.45) is 0. The van der Waals surface area contributed by atoms with Crippen LogP contribution in [0.15, 0.2) is 133 Å². The van der Waals surface area contributed by atoms with Gasteiger partial charge in [-0.15, -0.1) is 0 Å². The minimum atomic E-state index is -1.16. The zero-order valence-corrected chi connectivity index (χ0v) is 30.8. The van der Waals surface area contributed by atoms with Crippen molar-refractivity contribution in [1.82, 2.24) is 0 Å². The normalized spacial score (nSPS) is 11.0. The molecule has 0 unspecified atom stereocenters. The first kappa shape index (κ1) is 34.8. The van der Waals surface area contributed by atoms with Gasteiger partial charge in [-0.3, -0.25) is 0 Å². The van der Waals surface area contributed by atoms with E-state index in [1.165, 1.54) is 0 Å². The number of benzene rings is 6. The van der Waals surface area contributed by atoms with Gasteiger partial charge in [0.05, 0.1) is 42.7 Å². The van der Waals surface area contributed by atoms with Crippen LogP contribution < -0.4 is 60.2 Å². The molecular weight excluding hydrogens is 662 g/mol. The molecule has 0 aliphatic carbocycles. The van der Waals surface area contributed by atoms with Crippen LogP contribution in [0, 0.1) is 0 Å². The third-order valence-electron chi connectivity index (χ3n) is 8.43. The molecule has 0 aromatic heterocycles. The van der Waals surface area contributed by atoms with E-state index in [0.29, 0.717) is 0 Å². The summed E-state index contributed by atoms with van der Waals surface area (Å²) >= 11 is 0. The Bertz CT molecular complexity index is 1840. The monoisotopic (exact) mass is 702 g/mol. The van der Waals surface area contributed by atoms with Gasteiger partial charge >= 0.3 is 0 Å². The van der Waals surface area contributed by atoms with E-state index >= 15 is 0 Å². The number of ether oxygens (including phenoxy) is 6. The molecule has 254 valence electrons. The standard InChI is InChI=1S/C42H40O6P2/c1-43-29-13-7-17-33(25-29)49(34-18-8-14-30(26-34)44-2)39-23-11-21-37(47-5)41(39)42-38(48-6)22-12-24-40(42)50(35-19-9-15-31(27-35)45-3)36-20-10-16-32(28-36)46-4/h7-28H,1-6H3. The zero-order valence-electron chi connectivity index (χ0n) is 29.0. The van der Waals surface area contributed by atoms with Crippen LogP contribution in [0.5, 0.6) is 34.5 Å². The Labute approximate surface area is 297 Å². The smallest absolute Gasteiger partial charge is 0.127 e. The third kappa shape index (κ3) is 7.14. The van der Waals surface area contributed by atoms with Gasteiger partial charge in [-0.25, -0.2) is 0 Å². The van der Waals surface area contributed by atoms with Crippen molar-refractivity contribution in [3.05, 3.63) is 133 Å². The lowest BCUT2D eigenvalue weighted by Crippen LogP contribution is -2.26. The maximum atomic E-state index is 6.24. The molecule has 0 N–H and O–H groups in total. The summed E-state index contributed by atoms with van der Waals surface area (Å²) in [4.78, 5) is 0. The fourth-order valence-electron chi connectivity index (χ4n) is 6.11. The van der Waals surface area contributed by atoms with Crippen LogP contribution in [0.4, 0.5) is 0 Å². The number of rotatable bonds is 13. The van der Waals surface area contributed by atoms with Crippen molar-refractivity contribution in [2.24, 2.45) is 0 Å². The number of hydrogen-bond acceptors (Lipinski definition) is 6. The van der Waals surface area contributed by atoms with Crippen LogP contribution in [-0.4, -0.2) is 42.7 Å². The molecule has 0 atom stereocenters. The lowest BCUT2D eigenvalue weighted by molar-refractivity contribution is 0.411. The molecule has 6 rings (SSSR count). The second-order valence-electron chi connectivity index (χ2n) is 11.2. The average molecular weight is 703 g/mol. The van der Waals surface area contributed by atoms with Gasteiger partial charge < -0.3 is 28.4 Å². The van der Waals surface area contributed by atoms with Gasteiger partial charge in [0.2, 0.25) is 0 Å². The lowest BCUT2D eigenvalue weighted by Gasteiger charge is -2.28. The molecule has 6 nitrogen and oxygen atoms in total. The topological polar surface area (TPSA) is 55.4 Å². The molecule has 0 fully saturated rings. The molecule has 0 amide bonds. The van der Waals surface area contributed by atoms with Crippen LogP contribution in [0.1, 0.15) is 0 Å². The second kappa shape index (κ2) is 16.1. The first-order valence-corrected chi connectivity index (χ1v) is 18.7. The highest BCUT2D eigenvalue weighted by molar-refractivity contribution is 7.80. The van der Waals surface area contributed by atoms with Gasteiger partial charge in [0.25, 0.3) is 0 Å². The third-order valence-corrected chi connectivity index (χ3v) is 13.3. The van der Waals surface area contributed by atoms with Crippen molar-refractivity contribution in [2.45, 2.75) is 0 Å². The van der Waals surface area contributed by atoms with E-state index in [2.05, 4.69) is 72.8 Å². The van der Waals surface area contributed by atoms with Crippen molar-refractivity contribution in [1.29, 1.82) is 0 Å². The molecule has 0 saturated heterocycles. The maximum Gasteiger partial charge on any atom is 0.127 e. The highest BCUT2D eigenvalue weighted by atomic mass is 31.1. The minimum Gasteiger partial charge on any atom is -0.497 e. The van der Waals surface area contributed by atoms with E-state index in [4.69, 9.17) is 28.4 Å². The molecule has 50 heavy (non-hydrogen) atoms. The molecule has 0 saturated carbocycles. The fourth-order valence-corrected chi connectivity index (χ4v) is 11.1. The summed E-state index contributed by atoms with van der Waals surface area (Å²) in [7, 11) is 7.93. The van der Waals surface area contributed by atoms with Gasteiger partial charge in [-0.1, -0.05) is 72.8 Å². The van der Waals surface area contributed by atoms with Gasteiger partial charge in [-0.05, 0) is 108 Å². The second-order valence-corrected chi connectivity index (χ2v) is 15.6. The van der Waals surface area contributed by atoms with Crippen LogP contribution in [0.25, 0.3) is 11.1 Å². The van der Waals surface area contributed by atoms with Crippen molar-refractivity contribution < 1.29 is 28.4 Å². The Morgan fingerprint density at radius 2 is 0.600 bits per heavy atom. The molecule has 0 heterocycles. The van der Waals surface area contributed by atoms with Crippen molar-refractivity contribution in [3.8, 4) is 45.6 Å². The molecule has 0 aliphatic heterocycles. The summed E-state index contributed by atoms with van der Waals surface area (Å²) in [5, 5.41) is 6.72. The van der Waals surface area contributed by atoms with Gasteiger partial charge in [0, 0.05) is 11.1 Å². The molecule has 0 radical (unpaired) electrons. The van der Waals surface area contributed by atoms with Gasteiger partial charge in [-0.2, -0.15) is 0 Å². The van der Waals surface area contributed by atoms with Crippen LogP contribution >= 0.6 is 15.8 Å². The zero-order chi connectivity index (χ0) is 35.0. The predicted molar refractivity (Wildman–Crippen MR) is 209 cm³/mol. The summed E-state index contributed by atoms with van der Waals surface area (Å²) < 4.78 is 35.4. The number of methoxy groups -OCH3 is 6. The SMILES string of the molecule is COc1cccc(P(c2cccc(OC)c2)c2cccc(OC)c2-c2c(OC)cccc2P(c2cccc(OC)c2)c2cccc(OC)c2)c1. The largest absolute Gasteiger partial charge is 0.497 e. The molecule has 6 aromatic rings. The summed E-state index contributed by atoms with van der Waals surface area (Å²) in [5.41, 5.74) is 1.94. The van der Waals surface area contributed by atoms with Crippen LogP contribution in [0.3, 0.4) is 0 Å². The van der Waals surface area contributed by atoms with Crippen molar-refractivity contribution >= 4 is 47.7 Å². The van der Waals surface area contributed by atoms with Crippen molar-refractivity contribution in [3.63, 3.8) is 0 Å². The summed E-state index contributed by atoms with van der Waals surface area (Å²) in [5.74, 6) is 4.66. The molecule has 0 aliphatic rings. The summed E-state index contributed by atoms with van der Waals surface area (Å²) in [6, 6.07) is 45.8. The van der Waals surface area contributed by atoms with E-state index in [1.54, 1.807) is 42.7 Å². The molecule has 8 heteroatoms. The van der Waals surface area contributed by atoms with Gasteiger partial charge in [0.15, 0.2) is 0 Å². The highest BCUT2D eigenvalue weighted by Gasteiger charge is 2.30. The van der Waals surface area contributed by atoms with Crippen molar-refractivity contribution in [2.75, 3.05) is 42.7 Å². The average Bonchev–Trinajstić information content (AvgIpc) is 3.18. The quantitative estimate of drug-likeness (QED) is 0.122. The minimum absolute atomic E-state index is 0.748. The van der Waals surface area contributed by atoms with E-state index in [-0.39, 0.29) is 0 Å². The maximum absolute atomic E-state index is 6.24. The Morgan fingerprint density at radius 1 is 0.320 bits per heavy atom. The summed E-state index contributed by atoms with van der Waals surface area (Å²) in [6.45, 7) is 0. The first-order valence-electron chi connectivity index (χ1n) is 16.0. The molecule has 6 aromatic carbocycles. The Hall–Kier alpha value is -5.02. The molecular formula is C42H40O6P2. The van der Waals surface area contributed by atoms with Crippen LogP contribution in [-0.2, 0) is 0 Å². The number of hydrogen-bond donors (Lipinski definition) is 0. The Kier molecular flexibility index (Phi) is 11.2. The van der Waals surface area contributed by atoms with E-state index in [9.17, 15) is 0 Å². The van der Waals surface area contributed by atoms with E-state index < -0.39 is 15.8 Å². The predicted octanol–water partition coefficient (Wildman–Crippen LogP) is 6.92. The van der Waals surface area contributed by atoms with E-state index in [1.807, 2.05) is 60.7 Å². The molecule has 0 bridgehead atoms. The highest BCUT2D eigenvalue weighted by Crippen LogP contribution is 2.47. The fraction of sp³-hybridized carbons (Fsp3) is 0.143.